The van der Waals surface area contributed by atoms with Crippen molar-refractivity contribution in [2.45, 2.75) is 5.60 Å². The van der Waals surface area contributed by atoms with E-state index in [2.05, 4.69) is 10.2 Å². The molecule has 1 atom stereocenters. The summed E-state index contributed by atoms with van der Waals surface area (Å²) in [4.78, 5) is 0. The van der Waals surface area contributed by atoms with E-state index in [1.807, 2.05) is 30.5 Å². The Labute approximate surface area is 133 Å². The number of H-pyrrole nitrogens is 1. The van der Waals surface area contributed by atoms with Crippen molar-refractivity contribution in [1.82, 2.24) is 10.2 Å². The Morgan fingerprint density at radius 3 is 2.09 bits per heavy atom. The van der Waals surface area contributed by atoms with E-state index < -0.39 is 5.60 Å². The number of nitrogens with two attached hydrogens (primary N) is 1. The summed E-state index contributed by atoms with van der Waals surface area (Å²) in [5, 5.41) is 18.3. The van der Waals surface area contributed by atoms with Gasteiger partial charge in [0, 0.05) is 23.3 Å². The molecule has 1 heterocycles. The molecule has 0 amide bonds. The minimum Gasteiger partial charge on any atom is -0.379 e. The third-order valence-electron chi connectivity index (χ3n) is 3.81. The van der Waals surface area contributed by atoms with Crippen LogP contribution in [0, 0.1) is 0 Å². The van der Waals surface area contributed by atoms with Crippen molar-refractivity contribution in [2.75, 3.05) is 6.54 Å². The maximum Gasteiger partial charge on any atom is 0.127 e. The molecule has 3 aromatic rings. The summed E-state index contributed by atoms with van der Waals surface area (Å²) in [7, 11) is 0. The van der Waals surface area contributed by atoms with Gasteiger partial charge in [-0.25, -0.2) is 0 Å². The van der Waals surface area contributed by atoms with Gasteiger partial charge in [-0.05, 0) is 28.8 Å². The van der Waals surface area contributed by atoms with E-state index in [1.165, 1.54) is 0 Å². The van der Waals surface area contributed by atoms with Gasteiger partial charge in [-0.15, -0.1) is 0 Å². The first kappa shape index (κ1) is 14.8. The molecule has 0 unspecified atom stereocenters. The third kappa shape index (κ3) is 2.64. The van der Waals surface area contributed by atoms with Crippen LogP contribution in [0.1, 0.15) is 11.1 Å². The van der Waals surface area contributed by atoms with Crippen LogP contribution < -0.4 is 5.73 Å². The molecule has 0 bridgehead atoms. The predicted octanol–water partition coefficient (Wildman–Crippen LogP) is 2.92. The Morgan fingerprint density at radius 1 is 1.00 bits per heavy atom. The van der Waals surface area contributed by atoms with Crippen LogP contribution in [-0.2, 0) is 5.60 Å². The van der Waals surface area contributed by atoms with Gasteiger partial charge in [-0.1, -0.05) is 48.0 Å². The summed E-state index contributed by atoms with van der Waals surface area (Å²) in [6, 6.07) is 14.7. The number of hydrogen-bond acceptors (Lipinski definition) is 3. The van der Waals surface area contributed by atoms with E-state index >= 15 is 0 Å². The number of aliphatic hydroxyl groups is 1. The molecule has 0 fully saturated rings. The van der Waals surface area contributed by atoms with Gasteiger partial charge in [0.25, 0.3) is 0 Å². The van der Waals surface area contributed by atoms with Crippen LogP contribution in [0.3, 0.4) is 0 Å². The molecule has 4 nitrogen and oxygen atoms in total. The molecular weight excluding hydrogens is 298 g/mol. The normalized spacial score (nSPS) is 13.8. The molecule has 0 spiro atoms. The molecule has 5 heteroatoms. The minimum absolute atomic E-state index is 0.0830. The van der Waals surface area contributed by atoms with Crippen molar-refractivity contribution in [3.8, 4) is 11.1 Å². The molecule has 0 saturated carbocycles. The number of hydrogen-bond donors (Lipinski definition) is 3. The van der Waals surface area contributed by atoms with Crippen LogP contribution in [0.4, 0.5) is 0 Å². The van der Waals surface area contributed by atoms with E-state index in [-0.39, 0.29) is 6.54 Å². The maximum absolute atomic E-state index is 11.0. The summed E-state index contributed by atoms with van der Waals surface area (Å²) in [5.74, 6) is 0. The van der Waals surface area contributed by atoms with Gasteiger partial charge in [0.2, 0.25) is 0 Å². The van der Waals surface area contributed by atoms with Gasteiger partial charge in [-0.2, -0.15) is 5.10 Å². The molecule has 0 aliphatic carbocycles. The standard InChI is InChI=1S/C17H16ClN3O/c18-16-7-5-15(6-8-16)17(22,11-19)14-3-1-12(2-4-14)13-9-20-21-10-13/h1-10,22H,11,19H2,(H,20,21)/t17-/m1/s1. The zero-order valence-electron chi connectivity index (χ0n) is 11.8. The van der Waals surface area contributed by atoms with E-state index in [0.29, 0.717) is 5.02 Å². The summed E-state index contributed by atoms with van der Waals surface area (Å²) in [6.45, 7) is 0.0830. The SMILES string of the molecule is NC[C@](O)(c1ccc(Cl)cc1)c1ccc(-c2cn[nH]c2)cc1. The molecule has 4 N–H and O–H groups in total. The third-order valence-corrected chi connectivity index (χ3v) is 4.06. The van der Waals surface area contributed by atoms with Crippen LogP contribution in [0.25, 0.3) is 11.1 Å². The predicted molar refractivity (Wildman–Crippen MR) is 87.5 cm³/mol. The zero-order chi connectivity index (χ0) is 15.6. The number of aromatic nitrogens is 2. The summed E-state index contributed by atoms with van der Waals surface area (Å²) < 4.78 is 0. The molecule has 0 radical (unpaired) electrons. The highest BCUT2D eigenvalue weighted by atomic mass is 35.5. The van der Waals surface area contributed by atoms with E-state index in [4.69, 9.17) is 17.3 Å². The number of halogens is 1. The van der Waals surface area contributed by atoms with Crippen LogP contribution in [-0.4, -0.2) is 21.8 Å². The molecule has 112 valence electrons. The highest BCUT2D eigenvalue weighted by Gasteiger charge is 2.29. The number of rotatable bonds is 4. The number of nitrogens with zero attached hydrogens (tertiary/aromatic N) is 1. The van der Waals surface area contributed by atoms with E-state index in [9.17, 15) is 5.11 Å². The van der Waals surface area contributed by atoms with Crippen LogP contribution >= 0.6 is 11.6 Å². The fourth-order valence-corrected chi connectivity index (χ4v) is 2.60. The monoisotopic (exact) mass is 313 g/mol. The lowest BCUT2D eigenvalue weighted by atomic mass is 9.86. The molecule has 1 aromatic heterocycles. The summed E-state index contributed by atoms with van der Waals surface area (Å²) >= 11 is 5.91. The van der Waals surface area contributed by atoms with Gasteiger partial charge < -0.3 is 10.8 Å². The second-order valence-corrected chi connectivity index (χ2v) is 5.57. The largest absolute Gasteiger partial charge is 0.379 e. The first-order valence-electron chi connectivity index (χ1n) is 6.91. The van der Waals surface area contributed by atoms with Crippen LogP contribution in [0.5, 0.6) is 0 Å². The van der Waals surface area contributed by atoms with Crippen LogP contribution in [0.15, 0.2) is 60.9 Å². The maximum atomic E-state index is 11.0. The summed E-state index contributed by atoms with van der Waals surface area (Å²) in [5.41, 5.74) is 8.08. The fraction of sp³-hybridized carbons (Fsp3) is 0.118. The van der Waals surface area contributed by atoms with E-state index in [1.54, 1.807) is 30.5 Å². The average molecular weight is 314 g/mol. The first-order chi connectivity index (χ1) is 10.6. The van der Waals surface area contributed by atoms with Crippen LogP contribution in [0.2, 0.25) is 5.02 Å². The minimum atomic E-state index is -1.24. The first-order valence-corrected chi connectivity index (χ1v) is 7.29. The van der Waals surface area contributed by atoms with Gasteiger partial charge in [0.05, 0.1) is 6.20 Å². The Morgan fingerprint density at radius 2 is 1.59 bits per heavy atom. The van der Waals surface area contributed by atoms with Crippen molar-refractivity contribution >= 4 is 11.6 Å². The molecule has 22 heavy (non-hydrogen) atoms. The fourth-order valence-electron chi connectivity index (χ4n) is 2.48. The molecule has 0 aliphatic heterocycles. The zero-order valence-corrected chi connectivity index (χ0v) is 12.6. The van der Waals surface area contributed by atoms with Crippen molar-refractivity contribution in [2.24, 2.45) is 5.73 Å². The van der Waals surface area contributed by atoms with Crippen molar-refractivity contribution < 1.29 is 5.11 Å². The molecule has 0 aliphatic rings. The van der Waals surface area contributed by atoms with Crippen molar-refractivity contribution in [3.63, 3.8) is 0 Å². The second-order valence-electron chi connectivity index (χ2n) is 5.14. The molecule has 2 aromatic carbocycles. The van der Waals surface area contributed by atoms with Gasteiger partial charge in [0.1, 0.15) is 5.60 Å². The number of aromatic amines is 1. The smallest absolute Gasteiger partial charge is 0.127 e. The summed E-state index contributed by atoms with van der Waals surface area (Å²) in [6.07, 6.45) is 3.58. The van der Waals surface area contributed by atoms with Gasteiger partial charge >= 0.3 is 0 Å². The topological polar surface area (TPSA) is 74.9 Å². The number of benzene rings is 2. The number of nitrogens with one attached hydrogen (secondary N) is 1. The van der Waals surface area contributed by atoms with Gasteiger partial charge in [0.15, 0.2) is 0 Å². The highest BCUT2D eigenvalue weighted by Crippen LogP contribution is 2.31. The lowest BCUT2D eigenvalue weighted by Gasteiger charge is -2.28. The Hall–Kier alpha value is -2.14. The molecular formula is C17H16ClN3O. The second kappa shape index (κ2) is 5.93. The lowest BCUT2D eigenvalue weighted by molar-refractivity contribution is 0.0902. The molecule has 0 saturated heterocycles. The Kier molecular flexibility index (Phi) is 3.98. The molecule has 3 rings (SSSR count). The Bertz CT molecular complexity index is 739. The van der Waals surface area contributed by atoms with Crippen molar-refractivity contribution in [1.29, 1.82) is 0 Å². The van der Waals surface area contributed by atoms with E-state index in [0.717, 1.165) is 22.3 Å². The quantitative estimate of drug-likeness (QED) is 0.693. The van der Waals surface area contributed by atoms with Crippen molar-refractivity contribution in [3.05, 3.63) is 77.1 Å². The highest BCUT2D eigenvalue weighted by molar-refractivity contribution is 6.30. The lowest BCUT2D eigenvalue weighted by Crippen LogP contribution is -2.36. The van der Waals surface area contributed by atoms with Gasteiger partial charge in [-0.3, -0.25) is 5.10 Å². The average Bonchev–Trinajstić information content (AvgIpc) is 3.09. The Balaban J connectivity index is 1.98.